The number of nitrogens with zero attached hydrogens (tertiary/aromatic N) is 4. The maximum atomic E-state index is 12.6. The first-order chi connectivity index (χ1) is 16.0. The second kappa shape index (κ2) is 10.2. The predicted octanol–water partition coefficient (Wildman–Crippen LogP) is 3.52. The Labute approximate surface area is 191 Å². The molecule has 0 saturated carbocycles. The Bertz CT molecular complexity index is 1240. The number of aliphatic hydroxyl groups excluding tert-OH is 1. The third-order valence-corrected chi connectivity index (χ3v) is 5.11. The monoisotopic (exact) mass is 446 g/mol. The van der Waals surface area contributed by atoms with Gasteiger partial charge >= 0.3 is 6.03 Å². The van der Waals surface area contributed by atoms with Crippen molar-refractivity contribution in [2.75, 3.05) is 18.5 Å². The average molecular weight is 447 g/mol. The number of carbonyl (C=O) groups excluding carboxylic acids is 1. The van der Waals surface area contributed by atoms with Gasteiger partial charge in [0.2, 0.25) is 0 Å². The van der Waals surface area contributed by atoms with Crippen molar-refractivity contribution in [2.24, 2.45) is 0 Å². The molecule has 0 spiro atoms. The highest BCUT2D eigenvalue weighted by molar-refractivity contribution is 5.92. The summed E-state index contributed by atoms with van der Waals surface area (Å²) in [6.07, 6.45) is 3.44. The number of benzene rings is 1. The Morgan fingerprint density at radius 1 is 1.21 bits per heavy atom. The fourth-order valence-electron chi connectivity index (χ4n) is 3.56. The summed E-state index contributed by atoms with van der Waals surface area (Å²) >= 11 is 0. The van der Waals surface area contributed by atoms with E-state index in [1.54, 1.807) is 23.1 Å². The van der Waals surface area contributed by atoms with Gasteiger partial charge in [0.15, 0.2) is 0 Å². The molecule has 0 unspecified atom stereocenters. The number of amides is 2. The number of aryl methyl sites for hydroxylation is 1. The van der Waals surface area contributed by atoms with Gasteiger partial charge in [0.25, 0.3) is 0 Å². The smallest absolute Gasteiger partial charge is 0.320 e. The topological polar surface area (TPSA) is 114 Å². The van der Waals surface area contributed by atoms with Gasteiger partial charge in [0.05, 0.1) is 49.0 Å². The van der Waals surface area contributed by atoms with Crippen LogP contribution in [0.1, 0.15) is 29.9 Å². The molecule has 9 heteroatoms. The summed E-state index contributed by atoms with van der Waals surface area (Å²) in [5, 5.41) is 20.1. The Morgan fingerprint density at radius 2 is 2.03 bits per heavy atom. The summed E-state index contributed by atoms with van der Waals surface area (Å²) in [7, 11) is 0. The second-order valence-corrected chi connectivity index (χ2v) is 7.61. The van der Waals surface area contributed by atoms with Crippen LogP contribution in [0.3, 0.4) is 0 Å². The third kappa shape index (κ3) is 5.33. The van der Waals surface area contributed by atoms with Gasteiger partial charge in [-0.2, -0.15) is 5.10 Å². The predicted molar refractivity (Wildman–Crippen MR) is 125 cm³/mol. The van der Waals surface area contributed by atoms with E-state index in [4.69, 9.17) is 9.84 Å². The third-order valence-electron chi connectivity index (χ3n) is 5.11. The summed E-state index contributed by atoms with van der Waals surface area (Å²) in [4.78, 5) is 21.5. The molecule has 1 aromatic carbocycles. The van der Waals surface area contributed by atoms with Gasteiger partial charge in [0, 0.05) is 17.3 Å². The molecule has 1 atom stereocenters. The van der Waals surface area contributed by atoms with Gasteiger partial charge in [-0.05, 0) is 37.6 Å². The van der Waals surface area contributed by atoms with Crippen molar-refractivity contribution < 1.29 is 14.6 Å². The van der Waals surface area contributed by atoms with Crippen LogP contribution in [-0.4, -0.2) is 44.1 Å². The van der Waals surface area contributed by atoms with Crippen molar-refractivity contribution in [1.82, 2.24) is 25.1 Å². The zero-order chi connectivity index (χ0) is 23.2. The van der Waals surface area contributed by atoms with Crippen LogP contribution in [0.15, 0.2) is 60.9 Å². The van der Waals surface area contributed by atoms with E-state index in [1.807, 2.05) is 56.3 Å². The number of ether oxygens (including phenoxy) is 1. The lowest BCUT2D eigenvalue weighted by molar-refractivity contribution is 0.0803. The van der Waals surface area contributed by atoms with E-state index in [2.05, 4.69) is 25.7 Å². The second-order valence-electron chi connectivity index (χ2n) is 7.61. The van der Waals surface area contributed by atoms with Gasteiger partial charge in [-0.3, -0.25) is 10.3 Å². The molecule has 4 rings (SSSR count). The lowest BCUT2D eigenvalue weighted by Gasteiger charge is -2.15. The number of aromatic nitrogens is 4. The van der Waals surface area contributed by atoms with Crippen molar-refractivity contribution in [2.45, 2.75) is 26.5 Å². The SMILES string of the molecule is Cc1cc(-n2ncc3cc(NC(=O)N[C@H](C)c4ccccc4)nc(COCCO)c32)ccn1. The zero-order valence-electron chi connectivity index (χ0n) is 18.5. The highest BCUT2D eigenvalue weighted by atomic mass is 16.5. The van der Waals surface area contributed by atoms with Crippen LogP contribution >= 0.6 is 0 Å². The lowest BCUT2D eigenvalue weighted by Crippen LogP contribution is -2.31. The minimum Gasteiger partial charge on any atom is -0.394 e. The van der Waals surface area contributed by atoms with E-state index >= 15 is 0 Å². The van der Waals surface area contributed by atoms with Crippen LogP contribution in [0, 0.1) is 6.92 Å². The van der Waals surface area contributed by atoms with Gasteiger partial charge in [-0.15, -0.1) is 0 Å². The molecule has 9 nitrogen and oxygen atoms in total. The normalized spacial score (nSPS) is 12.0. The molecular formula is C24H26N6O3. The molecule has 2 amide bonds. The largest absolute Gasteiger partial charge is 0.394 e. The number of anilines is 1. The first-order valence-electron chi connectivity index (χ1n) is 10.7. The van der Waals surface area contributed by atoms with E-state index in [1.165, 1.54) is 0 Å². The summed E-state index contributed by atoms with van der Waals surface area (Å²) in [6, 6.07) is 14.7. The number of urea groups is 1. The molecule has 3 heterocycles. The summed E-state index contributed by atoms with van der Waals surface area (Å²) in [5.74, 6) is 0.383. The molecule has 0 aliphatic heterocycles. The molecule has 33 heavy (non-hydrogen) atoms. The van der Waals surface area contributed by atoms with Gasteiger partial charge in [-0.1, -0.05) is 30.3 Å². The first kappa shape index (κ1) is 22.4. The van der Waals surface area contributed by atoms with Crippen molar-refractivity contribution in [3.63, 3.8) is 0 Å². The molecule has 170 valence electrons. The van der Waals surface area contributed by atoms with Crippen LogP contribution < -0.4 is 10.6 Å². The van der Waals surface area contributed by atoms with E-state index in [0.29, 0.717) is 11.5 Å². The molecular weight excluding hydrogens is 420 g/mol. The molecule has 0 bridgehead atoms. The van der Waals surface area contributed by atoms with E-state index in [-0.39, 0.29) is 31.9 Å². The number of carbonyl (C=O) groups is 1. The summed E-state index contributed by atoms with van der Waals surface area (Å²) in [5.41, 5.74) is 4.08. The van der Waals surface area contributed by atoms with Crippen LogP contribution in [0.4, 0.5) is 10.6 Å². The Morgan fingerprint density at radius 3 is 2.79 bits per heavy atom. The van der Waals surface area contributed by atoms with Gasteiger partial charge < -0.3 is 15.2 Å². The van der Waals surface area contributed by atoms with Crippen molar-refractivity contribution >= 4 is 22.8 Å². The van der Waals surface area contributed by atoms with Crippen LogP contribution in [0.2, 0.25) is 0 Å². The van der Waals surface area contributed by atoms with Gasteiger partial charge in [0.1, 0.15) is 5.82 Å². The Kier molecular flexibility index (Phi) is 6.92. The summed E-state index contributed by atoms with van der Waals surface area (Å²) in [6.45, 7) is 4.07. The number of nitrogens with one attached hydrogen (secondary N) is 2. The fourth-order valence-corrected chi connectivity index (χ4v) is 3.56. The maximum absolute atomic E-state index is 12.6. The summed E-state index contributed by atoms with van der Waals surface area (Å²) < 4.78 is 7.32. The highest BCUT2D eigenvalue weighted by Gasteiger charge is 2.16. The molecule has 4 aromatic rings. The Hall–Kier alpha value is -3.82. The maximum Gasteiger partial charge on any atom is 0.320 e. The number of hydrogen-bond donors (Lipinski definition) is 3. The number of fused-ring (bicyclic) bond motifs is 1. The zero-order valence-corrected chi connectivity index (χ0v) is 18.5. The molecule has 3 aromatic heterocycles. The van der Waals surface area contributed by atoms with E-state index in [9.17, 15) is 4.79 Å². The number of rotatable bonds is 8. The van der Waals surface area contributed by atoms with Crippen molar-refractivity contribution in [3.05, 3.63) is 77.9 Å². The minimum absolute atomic E-state index is 0.0936. The molecule has 0 fully saturated rings. The molecule has 0 radical (unpaired) electrons. The van der Waals surface area contributed by atoms with Crippen molar-refractivity contribution in [1.29, 1.82) is 0 Å². The standard InChI is InChI=1S/C24H26N6O3/c1-16-12-20(8-9-25-16)30-23-19(14-26-30)13-22(28-21(23)15-33-11-10-31)29-24(32)27-17(2)18-6-4-3-5-7-18/h3-9,12-14,17,31H,10-11,15H2,1-2H3,(H2,27,28,29,32)/t17-/m1/s1. The van der Waals surface area contributed by atoms with Gasteiger partial charge in [-0.25, -0.2) is 14.5 Å². The highest BCUT2D eigenvalue weighted by Crippen LogP contribution is 2.25. The molecule has 3 N–H and O–H groups in total. The van der Waals surface area contributed by atoms with Crippen LogP contribution in [0.5, 0.6) is 0 Å². The molecule has 0 aliphatic rings. The number of hydrogen-bond acceptors (Lipinski definition) is 6. The van der Waals surface area contributed by atoms with Crippen LogP contribution in [-0.2, 0) is 11.3 Å². The first-order valence-corrected chi connectivity index (χ1v) is 10.7. The average Bonchev–Trinajstić information content (AvgIpc) is 3.24. The van der Waals surface area contributed by atoms with Crippen molar-refractivity contribution in [3.8, 4) is 5.69 Å². The molecule has 0 saturated heterocycles. The number of pyridine rings is 2. The quantitative estimate of drug-likeness (QED) is 0.357. The van der Waals surface area contributed by atoms with Crippen LogP contribution in [0.25, 0.3) is 16.6 Å². The minimum atomic E-state index is -0.363. The van der Waals surface area contributed by atoms with E-state index < -0.39 is 0 Å². The Balaban J connectivity index is 1.62. The fraction of sp³-hybridized carbons (Fsp3) is 0.250. The number of aliphatic hydroxyl groups is 1. The molecule has 0 aliphatic carbocycles. The lowest BCUT2D eigenvalue weighted by atomic mass is 10.1. The van der Waals surface area contributed by atoms with E-state index in [0.717, 1.165) is 27.8 Å².